The molecule has 7 nitrogen and oxygen atoms in total. The molecule has 2 saturated heterocycles. The Bertz CT molecular complexity index is 985. The van der Waals surface area contributed by atoms with Crippen LogP contribution >= 0.6 is 11.3 Å². The fourth-order valence-corrected chi connectivity index (χ4v) is 5.07. The second-order valence-corrected chi connectivity index (χ2v) is 9.34. The topological polar surface area (TPSA) is 82.6 Å². The fraction of sp³-hybridized carbons (Fsp3) is 0.478. The molecule has 32 heavy (non-hydrogen) atoms. The summed E-state index contributed by atoms with van der Waals surface area (Å²) in [5.74, 6) is -0.915. The van der Waals surface area contributed by atoms with Crippen molar-refractivity contribution in [3.05, 3.63) is 46.7 Å². The van der Waals surface area contributed by atoms with E-state index in [1.165, 1.54) is 35.6 Å². The van der Waals surface area contributed by atoms with Gasteiger partial charge in [-0.05, 0) is 56.9 Å². The van der Waals surface area contributed by atoms with E-state index in [2.05, 4.69) is 10.3 Å². The highest BCUT2D eigenvalue weighted by atomic mass is 32.1. The van der Waals surface area contributed by atoms with Crippen molar-refractivity contribution in [2.24, 2.45) is 11.8 Å². The van der Waals surface area contributed by atoms with Crippen molar-refractivity contribution in [1.29, 1.82) is 0 Å². The number of amides is 3. The van der Waals surface area contributed by atoms with Gasteiger partial charge in [-0.3, -0.25) is 14.4 Å². The number of rotatable bonds is 4. The van der Waals surface area contributed by atoms with E-state index in [1.54, 1.807) is 4.90 Å². The first kappa shape index (κ1) is 22.4. The lowest BCUT2D eigenvalue weighted by Gasteiger charge is -2.37. The molecule has 0 saturated carbocycles. The standard InChI is InChI=1S/C23H27FN4O3S/c1-15-14-32-23(25-15)26-20(29)16-8-11-27(12-9-16)22(31)18-3-2-10-28(13-18)21(30)17-4-6-19(24)7-5-17/h4-7,14,16,18H,2-3,8-13H2,1H3,(H,25,26,29). The van der Waals surface area contributed by atoms with E-state index >= 15 is 0 Å². The number of nitrogens with zero attached hydrogens (tertiary/aromatic N) is 3. The van der Waals surface area contributed by atoms with Crippen LogP contribution in [0.15, 0.2) is 29.6 Å². The van der Waals surface area contributed by atoms with Crippen LogP contribution in [0.1, 0.15) is 41.7 Å². The number of carbonyl (C=O) groups excluding carboxylic acids is 3. The molecule has 3 amide bonds. The van der Waals surface area contributed by atoms with E-state index in [0.29, 0.717) is 49.7 Å². The molecule has 4 rings (SSSR count). The van der Waals surface area contributed by atoms with Gasteiger partial charge in [-0.1, -0.05) is 0 Å². The molecule has 1 aromatic heterocycles. The number of aromatic nitrogens is 1. The number of carbonyl (C=O) groups is 3. The van der Waals surface area contributed by atoms with Crippen LogP contribution in [0, 0.1) is 24.6 Å². The third-order valence-electron chi connectivity index (χ3n) is 6.18. The molecule has 0 bridgehead atoms. The van der Waals surface area contributed by atoms with Gasteiger partial charge < -0.3 is 15.1 Å². The molecule has 0 aliphatic carbocycles. The van der Waals surface area contributed by atoms with Crippen molar-refractivity contribution in [3.8, 4) is 0 Å². The van der Waals surface area contributed by atoms with Crippen molar-refractivity contribution >= 4 is 34.2 Å². The van der Waals surface area contributed by atoms with Gasteiger partial charge in [0.25, 0.3) is 5.91 Å². The minimum atomic E-state index is -0.382. The smallest absolute Gasteiger partial charge is 0.253 e. The maximum atomic E-state index is 13.2. The number of halogens is 1. The third kappa shape index (κ3) is 5.15. The Hall–Kier alpha value is -2.81. The molecule has 0 spiro atoms. The monoisotopic (exact) mass is 458 g/mol. The Morgan fingerprint density at radius 2 is 1.75 bits per heavy atom. The summed E-state index contributed by atoms with van der Waals surface area (Å²) in [7, 11) is 0. The Morgan fingerprint density at radius 1 is 1.03 bits per heavy atom. The summed E-state index contributed by atoms with van der Waals surface area (Å²) in [6.07, 6.45) is 2.74. The molecule has 1 unspecified atom stereocenters. The third-order valence-corrected chi connectivity index (χ3v) is 7.05. The number of anilines is 1. The summed E-state index contributed by atoms with van der Waals surface area (Å²) in [5, 5.41) is 5.38. The molecule has 2 aromatic rings. The largest absolute Gasteiger partial charge is 0.342 e. The van der Waals surface area contributed by atoms with Crippen molar-refractivity contribution in [3.63, 3.8) is 0 Å². The Labute approximate surface area is 190 Å². The summed E-state index contributed by atoms with van der Waals surface area (Å²) in [4.78, 5) is 46.2. The lowest BCUT2D eigenvalue weighted by atomic mass is 9.92. The molecule has 0 radical (unpaired) electrons. The zero-order valence-corrected chi connectivity index (χ0v) is 18.9. The molecular formula is C23H27FN4O3S. The van der Waals surface area contributed by atoms with Crippen molar-refractivity contribution in [2.45, 2.75) is 32.6 Å². The second kappa shape index (κ2) is 9.77. The molecule has 2 aliphatic rings. The summed E-state index contributed by atoms with van der Waals surface area (Å²) >= 11 is 1.41. The predicted molar refractivity (Wildman–Crippen MR) is 120 cm³/mol. The number of likely N-dealkylation sites (tertiary alicyclic amines) is 2. The van der Waals surface area contributed by atoms with Crippen molar-refractivity contribution in [2.75, 3.05) is 31.5 Å². The van der Waals surface area contributed by atoms with Crippen molar-refractivity contribution in [1.82, 2.24) is 14.8 Å². The first-order valence-electron chi connectivity index (χ1n) is 11.0. The molecule has 9 heteroatoms. The highest BCUT2D eigenvalue weighted by molar-refractivity contribution is 7.13. The van der Waals surface area contributed by atoms with Crippen LogP contribution in [0.2, 0.25) is 0 Å². The van der Waals surface area contributed by atoms with E-state index in [1.807, 2.05) is 17.2 Å². The molecule has 2 aliphatic heterocycles. The normalized spacial score (nSPS) is 19.6. The number of hydrogen-bond acceptors (Lipinski definition) is 5. The number of hydrogen-bond donors (Lipinski definition) is 1. The molecular weight excluding hydrogens is 431 g/mol. The minimum absolute atomic E-state index is 0.0415. The molecule has 170 valence electrons. The molecule has 3 heterocycles. The second-order valence-electron chi connectivity index (χ2n) is 8.48. The predicted octanol–water partition coefficient (Wildman–Crippen LogP) is 3.32. The number of nitrogens with one attached hydrogen (secondary N) is 1. The number of piperidine rings is 2. The van der Waals surface area contributed by atoms with Crippen LogP contribution in [0.25, 0.3) is 0 Å². The maximum Gasteiger partial charge on any atom is 0.253 e. The quantitative estimate of drug-likeness (QED) is 0.762. The van der Waals surface area contributed by atoms with Gasteiger partial charge >= 0.3 is 0 Å². The van der Waals surface area contributed by atoms with Gasteiger partial charge in [0.1, 0.15) is 5.82 Å². The first-order chi connectivity index (χ1) is 15.4. The van der Waals surface area contributed by atoms with Gasteiger partial charge in [0.15, 0.2) is 5.13 Å². The highest BCUT2D eigenvalue weighted by Crippen LogP contribution is 2.25. The first-order valence-corrected chi connectivity index (χ1v) is 11.9. The Balaban J connectivity index is 1.29. The SMILES string of the molecule is Cc1csc(NC(=O)C2CCN(C(=O)C3CCCN(C(=O)c4ccc(F)cc4)C3)CC2)n1. The average Bonchev–Trinajstić information content (AvgIpc) is 3.23. The molecule has 1 atom stereocenters. The highest BCUT2D eigenvalue weighted by Gasteiger charge is 2.34. The zero-order valence-electron chi connectivity index (χ0n) is 18.1. The van der Waals surface area contributed by atoms with Gasteiger partial charge in [-0.2, -0.15) is 0 Å². The van der Waals surface area contributed by atoms with E-state index < -0.39 is 0 Å². The van der Waals surface area contributed by atoms with Gasteiger partial charge in [0, 0.05) is 43.0 Å². The van der Waals surface area contributed by atoms with Crippen molar-refractivity contribution < 1.29 is 18.8 Å². The van der Waals surface area contributed by atoms with Gasteiger partial charge in [0.2, 0.25) is 11.8 Å². The summed E-state index contributed by atoms with van der Waals surface area (Å²) in [5.41, 5.74) is 1.31. The maximum absolute atomic E-state index is 13.2. The summed E-state index contributed by atoms with van der Waals surface area (Å²) in [6.45, 7) is 3.93. The van der Waals surface area contributed by atoms with Gasteiger partial charge in [-0.25, -0.2) is 9.37 Å². The lowest BCUT2D eigenvalue weighted by Crippen LogP contribution is -2.49. The molecule has 2 fully saturated rings. The Kier molecular flexibility index (Phi) is 6.83. The van der Waals surface area contributed by atoms with Crippen LogP contribution in [-0.4, -0.2) is 58.7 Å². The van der Waals surface area contributed by atoms with Crippen LogP contribution in [0.4, 0.5) is 9.52 Å². The number of aryl methyl sites for hydroxylation is 1. The number of benzene rings is 1. The summed E-state index contributed by atoms with van der Waals surface area (Å²) < 4.78 is 13.2. The molecule has 1 N–H and O–H groups in total. The van der Waals surface area contributed by atoms with Crippen LogP contribution in [0.3, 0.4) is 0 Å². The summed E-state index contributed by atoms with van der Waals surface area (Å²) in [6, 6.07) is 5.50. The molecule has 1 aromatic carbocycles. The van der Waals surface area contributed by atoms with Gasteiger partial charge in [0.05, 0.1) is 11.6 Å². The minimum Gasteiger partial charge on any atom is -0.342 e. The van der Waals surface area contributed by atoms with Crippen LogP contribution < -0.4 is 5.32 Å². The fourth-order valence-electron chi connectivity index (χ4n) is 4.38. The van der Waals surface area contributed by atoms with Crippen LogP contribution in [0.5, 0.6) is 0 Å². The van der Waals surface area contributed by atoms with Crippen LogP contribution in [-0.2, 0) is 9.59 Å². The number of thiazole rings is 1. The van der Waals surface area contributed by atoms with E-state index in [-0.39, 0.29) is 35.4 Å². The van der Waals surface area contributed by atoms with Gasteiger partial charge in [-0.15, -0.1) is 11.3 Å². The van der Waals surface area contributed by atoms with E-state index in [4.69, 9.17) is 0 Å². The Morgan fingerprint density at radius 3 is 2.41 bits per heavy atom. The lowest BCUT2D eigenvalue weighted by molar-refractivity contribution is -0.139. The van der Waals surface area contributed by atoms with E-state index in [0.717, 1.165) is 18.5 Å². The average molecular weight is 459 g/mol. The van der Waals surface area contributed by atoms with E-state index in [9.17, 15) is 18.8 Å². The zero-order chi connectivity index (χ0) is 22.7.